The highest BCUT2D eigenvalue weighted by molar-refractivity contribution is 5.88. The zero-order valence-electron chi connectivity index (χ0n) is 14.7. The van der Waals surface area contributed by atoms with E-state index in [0.717, 1.165) is 57.2 Å². The molecule has 0 spiro atoms. The van der Waals surface area contributed by atoms with Crippen molar-refractivity contribution in [3.05, 3.63) is 35.6 Å². The van der Waals surface area contributed by atoms with E-state index in [9.17, 15) is 14.0 Å². The van der Waals surface area contributed by atoms with Crippen molar-refractivity contribution in [3.63, 3.8) is 0 Å². The summed E-state index contributed by atoms with van der Waals surface area (Å²) in [4.78, 5) is 27.3. The minimum absolute atomic E-state index is 0.0198. The molecule has 2 amide bonds. The summed E-state index contributed by atoms with van der Waals surface area (Å²) in [5.41, 5.74) is 0.869. The lowest BCUT2D eigenvalue weighted by Crippen LogP contribution is -2.45. The molecule has 1 aliphatic carbocycles. The van der Waals surface area contributed by atoms with Crippen LogP contribution in [-0.2, 0) is 16.0 Å². The summed E-state index contributed by atoms with van der Waals surface area (Å²) in [6.07, 6.45) is 6.38. The summed E-state index contributed by atoms with van der Waals surface area (Å²) in [5.74, 6) is -0.487. The van der Waals surface area contributed by atoms with E-state index in [1.54, 1.807) is 6.07 Å². The van der Waals surface area contributed by atoms with E-state index in [1.165, 1.54) is 12.1 Å². The maximum Gasteiger partial charge on any atom is 0.226 e. The number of carbonyl (C=O) groups excluding carboxylic acids is 2. The highest BCUT2D eigenvalue weighted by Crippen LogP contribution is 2.32. The second-order valence-electron chi connectivity index (χ2n) is 7.20. The lowest BCUT2D eigenvalue weighted by atomic mass is 9.78. The first kappa shape index (κ1) is 17.9. The maximum atomic E-state index is 13.2. The minimum Gasteiger partial charge on any atom is -0.356 e. The number of rotatable bonds is 5. The molecule has 1 heterocycles. The van der Waals surface area contributed by atoms with Gasteiger partial charge in [0.15, 0.2) is 0 Å². The normalized spacial score (nSPS) is 23.5. The summed E-state index contributed by atoms with van der Waals surface area (Å²) in [7, 11) is 0. The molecule has 136 valence electrons. The molecule has 4 nitrogen and oxygen atoms in total. The van der Waals surface area contributed by atoms with Gasteiger partial charge in [-0.05, 0) is 49.8 Å². The molecular formula is C20H27FN2O2. The van der Waals surface area contributed by atoms with Gasteiger partial charge in [0.2, 0.25) is 11.8 Å². The van der Waals surface area contributed by atoms with Gasteiger partial charge in [0.05, 0.1) is 0 Å². The highest BCUT2D eigenvalue weighted by Gasteiger charge is 2.38. The van der Waals surface area contributed by atoms with Gasteiger partial charge in [0.1, 0.15) is 5.82 Å². The number of halogens is 1. The lowest BCUT2D eigenvalue weighted by molar-refractivity contribution is -0.142. The topological polar surface area (TPSA) is 49.4 Å². The van der Waals surface area contributed by atoms with Gasteiger partial charge < -0.3 is 10.2 Å². The van der Waals surface area contributed by atoms with Crippen molar-refractivity contribution < 1.29 is 14.0 Å². The summed E-state index contributed by atoms with van der Waals surface area (Å²) in [6.45, 7) is 2.15. The Bertz CT molecular complexity index is 613. The molecule has 1 saturated carbocycles. The lowest BCUT2D eigenvalue weighted by Gasteiger charge is -2.32. The molecule has 0 bridgehead atoms. The number of nitrogens with zero attached hydrogens (tertiary/aromatic N) is 1. The molecule has 1 aliphatic heterocycles. The van der Waals surface area contributed by atoms with E-state index in [4.69, 9.17) is 0 Å². The van der Waals surface area contributed by atoms with Crippen LogP contribution in [0.4, 0.5) is 4.39 Å². The van der Waals surface area contributed by atoms with Crippen molar-refractivity contribution in [1.29, 1.82) is 0 Å². The predicted molar refractivity (Wildman–Crippen MR) is 94.4 cm³/mol. The number of amides is 2. The van der Waals surface area contributed by atoms with E-state index in [1.807, 2.05) is 11.0 Å². The summed E-state index contributed by atoms with van der Waals surface area (Å²) in [5, 5.41) is 2.96. The molecule has 0 unspecified atom stereocenters. The Hall–Kier alpha value is -1.91. The first-order valence-electron chi connectivity index (χ1n) is 9.46. The van der Waals surface area contributed by atoms with Crippen molar-refractivity contribution in [1.82, 2.24) is 10.2 Å². The van der Waals surface area contributed by atoms with Crippen LogP contribution >= 0.6 is 0 Å². The Morgan fingerprint density at radius 3 is 2.52 bits per heavy atom. The molecule has 0 radical (unpaired) electrons. The van der Waals surface area contributed by atoms with Gasteiger partial charge in [0, 0.05) is 31.5 Å². The van der Waals surface area contributed by atoms with E-state index in [2.05, 4.69) is 5.32 Å². The molecule has 2 fully saturated rings. The van der Waals surface area contributed by atoms with Crippen LogP contribution < -0.4 is 5.32 Å². The SMILES string of the molecule is O=C(NCCc1cccc(F)c1)[C@H]1CCCC[C@@H]1C(=O)N1CCCC1. The van der Waals surface area contributed by atoms with Gasteiger partial charge in [-0.1, -0.05) is 25.0 Å². The van der Waals surface area contributed by atoms with E-state index < -0.39 is 0 Å². The molecule has 5 heteroatoms. The molecule has 1 N–H and O–H groups in total. The molecular weight excluding hydrogens is 319 g/mol. The number of hydrogen-bond donors (Lipinski definition) is 1. The first-order valence-corrected chi connectivity index (χ1v) is 9.46. The van der Waals surface area contributed by atoms with Crippen molar-refractivity contribution in [2.75, 3.05) is 19.6 Å². The molecule has 3 rings (SSSR count). The number of likely N-dealkylation sites (tertiary alicyclic amines) is 1. The van der Waals surface area contributed by atoms with Crippen LogP contribution in [0.3, 0.4) is 0 Å². The average Bonchev–Trinajstić information content (AvgIpc) is 3.16. The fraction of sp³-hybridized carbons (Fsp3) is 0.600. The Morgan fingerprint density at radius 1 is 1.08 bits per heavy atom. The van der Waals surface area contributed by atoms with E-state index >= 15 is 0 Å². The largest absolute Gasteiger partial charge is 0.356 e. The zero-order valence-corrected chi connectivity index (χ0v) is 14.7. The van der Waals surface area contributed by atoms with Crippen LogP contribution in [0, 0.1) is 17.7 Å². The smallest absolute Gasteiger partial charge is 0.226 e. The Labute approximate surface area is 148 Å². The summed E-state index contributed by atoms with van der Waals surface area (Å²) in [6, 6.07) is 6.44. The molecule has 1 saturated heterocycles. The summed E-state index contributed by atoms with van der Waals surface area (Å²) < 4.78 is 13.2. The Balaban J connectivity index is 1.54. The van der Waals surface area contributed by atoms with Crippen LogP contribution in [-0.4, -0.2) is 36.3 Å². The van der Waals surface area contributed by atoms with Crippen molar-refractivity contribution >= 4 is 11.8 Å². The Morgan fingerprint density at radius 2 is 1.80 bits per heavy atom. The van der Waals surface area contributed by atoms with Crippen LogP contribution in [0.5, 0.6) is 0 Å². The van der Waals surface area contributed by atoms with Crippen molar-refractivity contribution in [2.24, 2.45) is 11.8 Å². The second kappa shape index (κ2) is 8.45. The van der Waals surface area contributed by atoms with Gasteiger partial charge in [-0.2, -0.15) is 0 Å². The van der Waals surface area contributed by atoms with Gasteiger partial charge in [-0.25, -0.2) is 4.39 Å². The standard InChI is InChI=1S/C20H27FN2O2/c21-16-7-5-6-15(14-16)10-11-22-19(24)17-8-1-2-9-18(17)20(25)23-12-3-4-13-23/h5-7,14,17-18H,1-4,8-13H2,(H,22,24)/t17-,18-/m0/s1. The predicted octanol–water partition coefficient (Wildman–Crippen LogP) is 2.91. The van der Waals surface area contributed by atoms with Crippen molar-refractivity contribution in [3.8, 4) is 0 Å². The molecule has 2 aliphatic rings. The van der Waals surface area contributed by atoms with E-state index in [-0.39, 0.29) is 29.5 Å². The quantitative estimate of drug-likeness (QED) is 0.891. The first-order chi connectivity index (χ1) is 12.1. The van der Waals surface area contributed by atoms with Gasteiger partial charge >= 0.3 is 0 Å². The monoisotopic (exact) mass is 346 g/mol. The third-order valence-electron chi connectivity index (χ3n) is 5.44. The molecule has 25 heavy (non-hydrogen) atoms. The van der Waals surface area contributed by atoms with Crippen molar-refractivity contribution in [2.45, 2.75) is 44.9 Å². The third-order valence-corrected chi connectivity index (χ3v) is 5.44. The number of benzene rings is 1. The third kappa shape index (κ3) is 4.59. The molecule has 1 aromatic carbocycles. The number of carbonyl (C=O) groups is 2. The Kier molecular flexibility index (Phi) is 6.05. The van der Waals surface area contributed by atoms with Crippen LogP contribution in [0.25, 0.3) is 0 Å². The molecule has 0 aromatic heterocycles. The summed E-state index contributed by atoms with van der Waals surface area (Å²) >= 11 is 0. The van der Waals surface area contributed by atoms with Gasteiger partial charge in [-0.3, -0.25) is 9.59 Å². The fourth-order valence-electron chi connectivity index (χ4n) is 4.07. The zero-order chi connectivity index (χ0) is 17.6. The van der Waals surface area contributed by atoms with Gasteiger partial charge in [-0.15, -0.1) is 0 Å². The maximum absolute atomic E-state index is 13.2. The molecule has 2 atom stereocenters. The van der Waals surface area contributed by atoms with Gasteiger partial charge in [0.25, 0.3) is 0 Å². The average molecular weight is 346 g/mol. The number of nitrogens with one attached hydrogen (secondary N) is 1. The van der Waals surface area contributed by atoms with Crippen LogP contribution in [0.1, 0.15) is 44.1 Å². The second-order valence-corrected chi connectivity index (χ2v) is 7.20. The van der Waals surface area contributed by atoms with Crippen LogP contribution in [0.15, 0.2) is 24.3 Å². The minimum atomic E-state index is -0.257. The number of hydrogen-bond acceptors (Lipinski definition) is 2. The van der Waals surface area contributed by atoms with Crippen LogP contribution in [0.2, 0.25) is 0 Å². The van der Waals surface area contributed by atoms with E-state index in [0.29, 0.717) is 13.0 Å². The molecule has 1 aromatic rings. The highest BCUT2D eigenvalue weighted by atomic mass is 19.1. The fourth-order valence-corrected chi connectivity index (χ4v) is 4.07.